The second-order valence-corrected chi connectivity index (χ2v) is 13.3. The lowest BCUT2D eigenvalue weighted by Gasteiger charge is -2.28. The lowest BCUT2D eigenvalue weighted by atomic mass is 10.1. The van der Waals surface area contributed by atoms with Gasteiger partial charge in [-0.1, -0.05) is 24.9 Å². The molecule has 4 amide bonds. The van der Waals surface area contributed by atoms with Crippen LogP contribution in [0.4, 0.5) is 27.5 Å². The summed E-state index contributed by atoms with van der Waals surface area (Å²) in [5.74, 6) is -1.87. The molecule has 15 heteroatoms. The van der Waals surface area contributed by atoms with Crippen LogP contribution in [0.25, 0.3) is 5.76 Å². The van der Waals surface area contributed by atoms with Gasteiger partial charge >= 0.3 is 6.03 Å². The monoisotopic (exact) mass is 728 g/mol. The first kappa shape index (κ1) is 39.5. The highest BCUT2D eigenvalue weighted by molar-refractivity contribution is 7.92. The van der Waals surface area contributed by atoms with Crippen LogP contribution in [0.1, 0.15) is 56.5 Å². The Morgan fingerprint density at radius 1 is 0.860 bits per heavy atom. The number of urea groups is 1. The van der Waals surface area contributed by atoms with Gasteiger partial charge in [0.15, 0.2) is 11.5 Å². The Hall–Kier alpha value is -4.95. The molecule has 0 aliphatic carbocycles. The minimum atomic E-state index is -3.78. The molecule has 270 valence electrons. The highest BCUT2D eigenvalue weighted by Crippen LogP contribution is 2.33. The third-order valence-corrected chi connectivity index (χ3v) is 8.41. The second kappa shape index (κ2) is 18.2. The van der Waals surface area contributed by atoms with Crippen LogP contribution in [-0.2, 0) is 14.8 Å². The van der Waals surface area contributed by atoms with E-state index in [2.05, 4.69) is 25.6 Å². The number of aliphatic hydroxyl groups is 1. The van der Waals surface area contributed by atoms with E-state index in [9.17, 15) is 27.9 Å². The Balaban J connectivity index is 2.32. The lowest BCUT2D eigenvalue weighted by molar-refractivity contribution is -0.112. The molecule has 50 heavy (non-hydrogen) atoms. The quantitative estimate of drug-likeness (QED) is 0.0660. The van der Waals surface area contributed by atoms with E-state index in [1.54, 1.807) is 31.2 Å². The number of nitrogens with one attached hydrogen (secondary N) is 4. The number of amides is 4. The van der Waals surface area contributed by atoms with E-state index in [4.69, 9.17) is 16.3 Å². The van der Waals surface area contributed by atoms with Crippen molar-refractivity contribution in [1.82, 2.24) is 10.6 Å². The van der Waals surface area contributed by atoms with Crippen LogP contribution in [0.3, 0.4) is 0 Å². The van der Waals surface area contributed by atoms with Gasteiger partial charge in [-0.25, -0.2) is 13.2 Å². The van der Waals surface area contributed by atoms with Gasteiger partial charge in [-0.15, -0.1) is 0 Å². The number of anilines is 4. The van der Waals surface area contributed by atoms with Crippen molar-refractivity contribution >= 4 is 68.0 Å². The van der Waals surface area contributed by atoms with Gasteiger partial charge < -0.3 is 30.7 Å². The van der Waals surface area contributed by atoms with Crippen LogP contribution >= 0.6 is 11.6 Å². The molecule has 0 aromatic heterocycles. The Morgan fingerprint density at radius 2 is 1.48 bits per heavy atom. The molecule has 0 saturated heterocycles. The highest BCUT2D eigenvalue weighted by atomic mass is 35.5. The first-order chi connectivity index (χ1) is 23.8. The molecule has 3 aromatic carbocycles. The van der Waals surface area contributed by atoms with Crippen molar-refractivity contribution in [1.29, 1.82) is 0 Å². The van der Waals surface area contributed by atoms with Crippen molar-refractivity contribution < 1.29 is 32.6 Å². The number of benzene rings is 3. The van der Waals surface area contributed by atoms with E-state index >= 15 is 0 Å². The average molecular weight is 729 g/mol. The second-order valence-electron chi connectivity index (χ2n) is 11.1. The zero-order chi connectivity index (χ0) is 37.0. The van der Waals surface area contributed by atoms with Gasteiger partial charge in [0.05, 0.1) is 35.5 Å². The fourth-order valence-corrected chi connectivity index (χ4v) is 5.72. The summed E-state index contributed by atoms with van der Waals surface area (Å²) in [5, 5.41) is 20.2. The number of unbranched alkanes of at least 4 members (excludes halogenated alkanes) is 1. The molecule has 5 N–H and O–H groups in total. The van der Waals surface area contributed by atoms with E-state index in [1.165, 1.54) is 43.5 Å². The van der Waals surface area contributed by atoms with Gasteiger partial charge in [0.1, 0.15) is 5.75 Å². The maximum absolute atomic E-state index is 14.4. The van der Waals surface area contributed by atoms with Crippen LogP contribution in [0.15, 0.2) is 66.4 Å². The normalized spacial score (nSPS) is 11.6. The summed E-state index contributed by atoms with van der Waals surface area (Å²) in [6, 6.07) is 14.6. The third kappa shape index (κ3) is 10.3. The molecule has 0 aliphatic rings. The molecule has 0 radical (unpaired) electrons. The average Bonchev–Trinajstić information content (AvgIpc) is 3.08. The molecule has 0 spiro atoms. The standard InChI is InChI=1S/C35H45ClN6O7S/c1-7-11-20-38-35(46)42(26-16-14-25(15-17-26)41(9-3)10-4)31(32(43)23-13-19-30(49-5)29(21-23)40-50(6,47)48)34(45)39-28-22-24(12-18-27(28)36)33(44)37-8-2/h12-19,21-22,40,43H,7-11,20H2,1-6H3,(H,37,44)(H,38,46)(H,39,45)/b32-31-. The molecule has 0 atom stereocenters. The zero-order valence-electron chi connectivity index (χ0n) is 29.1. The van der Waals surface area contributed by atoms with Crippen LogP contribution in [0.5, 0.6) is 5.75 Å². The minimum absolute atomic E-state index is 0.0148. The molecular formula is C35H45ClN6O7S. The first-order valence-electron chi connectivity index (χ1n) is 16.2. The Kier molecular flexibility index (Phi) is 14.3. The number of hydrogen-bond acceptors (Lipinski definition) is 8. The van der Waals surface area contributed by atoms with Crippen molar-refractivity contribution in [2.24, 2.45) is 0 Å². The van der Waals surface area contributed by atoms with Gasteiger partial charge in [0, 0.05) is 43.0 Å². The van der Waals surface area contributed by atoms with Gasteiger partial charge in [-0.2, -0.15) is 0 Å². The van der Waals surface area contributed by atoms with E-state index in [-0.39, 0.29) is 45.5 Å². The number of methoxy groups -OCH3 is 1. The third-order valence-electron chi connectivity index (χ3n) is 7.49. The maximum atomic E-state index is 14.4. The summed E-state index contributed by atoms with van der Waals surface area (Å²) in [4.78, 5) is 44.1. The summed E-state index contributed by atoms with van der Waals surface area (Å²) >= 11 is 6.46. The number of halogens is 1. The predicted octanol–water partition coefficient (Wildman–Crippen LogP) is 6.20. The molecule has 0 heterocycles. The van der Waals surface area contributed by atoms with Crippen molar-refractivity contribution in [3.05, 3.63) is 82.5 Å². The smallest absolute Gasteiger partial charge is 0.326 e. The summed E-state index contributed by atoms with van der Waals surface area (Å²) in [7, 11) is -2.44. The number of nitrogens with zero attached hydrogens (tertiary/aromatic N) is 2. The van der Waals surface area contributed by atoms with E-state index in [1.807, 2.05) is 20.8 Å². The van der Waals surface area contributed by atoms with E-state index < -0.39 is 39.3 Å². The predicted molar refractivity (Wildman–Crippen MR) is 200 cm³/mol. The minimum Gasteiger partial charge on any atom is -0.505 e. The molecule has 3 aromatic rings. The zero-order valence-corrected chi connectivity index (χ0v) is 30.7. The molecule has 3 rings (SSSR count). The van der Waals surface area contributed by atoms with Crippen LogP contribution < -0.4 is 35.2 Å². The van der Waals surface area contributed by atoms with Gasteiger partial charge in [0.25, 0.3) is 11.8 Å². The van der Waals surface area contributed by atoms with E-state index in [0.717, 1.165) is 36.4 Å². The van der Waals surface area contributed by atoms with Crippen molar-refractivity contribution in [2.45, 2.75) is 40.5 Å². The van der Waals surface area contributed by atoms with Crippen molar-refractivity contribution in [2.75, 3.05) is 59.4 Å². The van der Waals surface area contributed by atoms with Crippen molar-refractivity contribution in [3.8, 4) is 5.75 Å². The summed E-state index contributed by atoms with van der Waals surface area (Å²) in [5.41, 5.74) is 0.845. The van der Waals surface area contributed by atoms with Gasteiger partial charge in [-0.3, -0.25) is 19.2 Å². The van der Waals surface area contributed by atoms with E-state index in [0.29, 0.717) is 13.0 Å². The van der Waals surface area contributed by atoms with Crippen molar-refractivity contribution in [3.63, 3.8) is 0 Å². The van der Waals surface area contributed by atoms with Crippen LogP contribution in [0, 0.1) is 0 Å². The Bertz CT molecular complexity index is 1810. The number of ether oxygens (including phenoxy) is 1. The first-order valence-corrected chi connectivity index (χ1v) is 18.5. The molecule has 13 nitrogen and oxygen atoms in total. The number of carbonyl (C=O) groups is 3. The van der Waals surface area contributed by atoms with Gasteiger partial charge in [-0.05, 0) is 87.9 Å². The molecule has 0 saturated carbocycles. The Morgan fingerprint density at radius 3 is 2.06 bits per heavy atom. The topological polar surface area (TPSA) is 169 Å². The number of aliphatic hydroxyl groups excluding tert-OH is 1. The molecule has 0 fully saturated rings. The highest BCUT2D eigenvalue weighted by Gasteiger charge is 2.31. The largest absolute Gasteiger partial charge is 0.505 e. The fourth-order valence-electron chi connectivity index (χ4n) is 4.99. The summed E-state index contributed by atoms with van der Waals surface area (Å²) < 4.78 is 32.0. The summed E-state index contributed by atoms with van der Waals surface area (Å²) in [6.45, 7) is 9.89. The molecule has 0 unspecified atom stereocenters. The number of sulfonamides is 1. The summed E-state index contributed by atoms with van der Waals surface area (Å²) in [6.07, 6.45) is 2.39. The van der Waals surface area contributed by atoms with Crippen LogP contribution in [-0.4, -0.2) is 70.9 Å². The van der Waals surface area contributed by atoms with Gasteiger partial charge in [0.2, 0.25) is 10.0 Å². The number of carbonyl (C=O) groups excluding carboxylic acids is 3. The van der Waals surface area contributed by atoms with Crippen LogP contribution in [0.2, 0.25) is 5.02 Å². The fraction of sp³-hybridized carbons (Fsp3) is 0.343. The molecule has 0 bridgehead atoms. The molecular weight excluding hydrogens is 684 g/mol. The maximum Gasteiger partial charge on any atom is 0.326 e. The SMILES string of the molecule is CCCCNC(=O)N(/C(C(=O)Nc1cc(C(=O)NCC)ccc1Cl)=C(\O)c1ccc(OC)c(NS(C)(=O)=O)c1)c1ccc(N(CC)CC)cc1. The number of rotatable bonds is 16. The Labute approximate surface area is 298 Å². The lowest BCUT2D eigenvalue weighted by Crippen LogP contribution is -2.43. The number of hydrogen-bond donors (Lipinski definition) is 5. The molecule has 0 aliphatic heterocycles.